The molecule has 0 spiro atoms. The van der Waals surface area contributed by atoms with Gasteiger partial charge >= 0.3 is 6.18 Å². The number of pyridine rings is 1. The monoisotopic (exact) mass is 327 g/mol. The molecular weight excluding hydrogens is 314 g/mol. The number of nitrogens with one attached hydrogen (secondary N) is 1. The summed E-state index contributed by atoms with van der Waals surface area (Å²) in [7, 11) is 0. The molecule has 4 nitrogen and oxygen atoms in total. The normalized spacial score (nSPS) is 18.7. The third-order valence-electron chi connectivity index (χ3n) is 3.70. The highest BCUT2D eigenvalue weighted by molar-refractivity contribution is 5.94. The van der Waals surface area contributed by atoms with Crippen LogP contribution < -0.4 is 5.32 Å². The Hall–Kier alpha value is -2.38. The van der Waals surface area contributed by atoms with Gasteiger partial charge in [-0.05, 0) is 24.6 Å². The number of rotatable bonds is 3. The summed E-state index contributed by atoms with van der Waals surface area (Å²) >= 11 is 0. The molecule has 1 N–H and O–H groups in total. The van der Waals surface area contributed by atoms with Gasteiger partial charge in [-0.2, -0.15) is 13.2 Å². The highest BCUT2D eigenvalue weighted by Gasteiger charge is 2.39. The Balaban J connectivity index is 1.79. The van der Waals surface area contributed by atoms with Crippen LogP contribution >= 0.6 is 0 Å². The van der Waals surface area contributed by atoms with E-state index in [9.17, 15) is 22.4 Å². The maximum Gasteiger partial charge on any atom is 0.406 e. The van der Waals surface area contributed by atoms with Gasteiger partial charge < -0.3 is 10.2 Å². The summed E-state index contributed by atoms with van der Waals surface area (Å²) in [5.41, 5.74) is 0.954. The lowest BCUT2D eigenvalue weighted by Gasteiger charge is -2.19. The average molecular weight is 327 g/mol. The molecule has 2 aromatic rings. The summed E-state index contributed by atoms with van der Waals surface area (Å²) in [6, 6.07) is 4.93. The molecule has 0 saturated carbocycles. The van der Waals surface area contributed by atoms with Gasteiger partial charge in [-0.1, -0.05) is 0 Å². The van der Waals surface area contributed by atoms with Crippen molar-refractivity contribution in [3.05, 3.63) is 36.3 Å². The van der Waals surface area contributed by atoms with Gasteiger partial charge in [0.05, 0.1) is 5.52 Å². The highest BCUT2D eigenvalue weighted by atomic mass is 19.4. The number of alkyl halides is 3. The molecule has 1 fully saturated rings. The largest absolute Gasteiger partial charge is 0.406 e. The van der Waals surface area contributed by atoms with E-state index < -0.39 is 30.5 Å². The van der Waals surface area contributed by atoms with E-state index in [0.29, 0.717) is 16.6 Å². The molecule has 1 aromatic carbocycles. The van der Waals surface area contributed by atoms with Crippen molar-refractivity contribution in [2.45, 2.75) is 18.6 Å². The fourth-order valence-electron chi connectivity index (χ4n) is 2.68. The van der Waals surface area contributed by atoms with Gasteiger partial charge in [0.15, 0.2) is 0 Å². The fraction of sp³-hybridized carbons (Fsp3) is 0.333. The van der Waals surface area contributed by atoms with Crippen LogP contribution in [0.3, 0.4) is 0 Å². The van der Waals surface area contributed by atoms with E-state index in [1.807, 2.05) is 0 Å². The molecule has 0 bridgehead atoms. The Bertz CT molecular complexity index is 747. The van der Waals surface area contributed by atoms with Crippen molar-refractivity contribution < 1.29 is 22.4 Å². The van der Waals surface area contributed by atoms with Crippen molar-refractivity contribution >= 4 is 22.5 Å². The lowest BCUT2D eigenvalue weighted by molar-refractivity contribution is -0.157. The number of fused-ring (bicyclic) bond motifs is 1. The molecule has 8 heteroatoms. The number of carbonyl (C=O) groups is 1. The number of amides is 1. The molecule has 23 heavy (non-hydrogen) atoms. The number of halogens is 4. The quantitative estimate of drug-likeness (QED) is 0.882. The van der Waals surface area contributed by atoms with Gasteiger partial charge in [-0.15, -0.1) is 0 Å². The van der Waals surface area contributed by atoms with E-state index >= 15 is 0 Å². The summed E-state index contributed by atoms with van der Waals surface area (Å²) in [5, 5.41) is 3.56. The SMILES string of the molecule is O=C1[C@@H](Nc2ccnc3cc(F)ccc23)CCN1CC(F)(F)F. The number of anilines is 1. The van der Waals surface area contributed by atoms with Crippen LogP contribution in [0, 0.1) is 5.82 Å². The van der Waals surface area contributed by atoms with Crippen molar-refractivity contribution in [2.24, 2.45) is 0 Å². The van der Waals surface area contributed by atoms with Crippen LogP contribution in [-0.2, 0) is 4.79 Å². The molecule has 3 rings (SSSR count). The van der Waals surface area contributed by atoms with Crippen molar-refractivity contribution in [2.75, 3.05) is 18.4 Å². The van der Waals surface area contributed by atoms with Gasteiger partial charge in [0.25, 0.3) is 0 Å². The smallest absolute Gasteiger partial charge is 0.373 e. The predicted molar refractivity (Wildman–Crippen MR) is 76.4 cm³/mol. The van der Waals surface area contributed by atoms with E-state index in [1.165, 1.54) is 24.4 Å². The molecule has 2 heterocycles. The van der Waals surface area contributed by atoms with Gasteiger partial charge in [-0.3, -0.25) is 9.78 Å². The minimum absolute atomic E-state index is 0.0493. The number of hydrogen-bond donors (Lipinski definition) is 1. The molecule has 0 radical (unpaired) electrons. The summed E-state index contributed by atoms with van der Waals surface area (Å²) in [4.78, 5) is 16.9. The van der Waals surface area contributed by atoms with Crippen molar-refractivity contribution in [3.8, 4) is 0 Å². The predicted octanol–water partition coefficient (Wildman–Crippen LogP) is 2.95. The number of carbonyl (C=O) groups excluding carboxylic acids is 1. The molecule has 1 amide bonds. The Kier molecular flexibility index (Phi) is 3.83. The van der Waals surface area contributed by atoms with Crippen LogP contribution in [0.2, 0.25) is 0 Å². The second-order valence-electron chi connectivity index (χ2n) is 5.38. The Labute approximate surface area is 129 Å². The molecule has 122 valence electrons. The number of nitrogens with zero attached hydrogens (tertiary/aromatic N) is 2. The molecule has 0 aliphatic carbocycles. The number of likely N-dealkylation sites (tertiary alicyclic amines) is 1. The molecule has 0 unspecified atom stereocenters. The maximum atomic E-state index is 13.2. The minimum Gasteiger partial charge on any atom is -0.373 e. The van der Waals surface area contributed by atoms with E-state index in [0.717, 1.165) is 4.90 Å². The van der Waals surface area contributed by atoms with E-state index in [2.05, 4.69) is 10.3 Å². The van der Waals surface area contributed by atoms with Gasteiger partial charge in [-0.25, -0.2) is 4.39 Å². The maximum absolute atomic E-state index is 13.2. The fourth-order valence-corrected chi connectivity index (χ4v) is 2.68. The first kappa shape index (κ1) is 15.5. The summed E-state index contributed by atoms with van der Waals surface area (Å²) < 4.78 is 50.5. The average Bonchev–Trinajstić information content (AvgIpc) is 2.78. The van der Waals surface area contributed by atoms with E-state index in [-0.39, 0.29) is 13.0 Å². The standard InChI is InChI=1S/C15H13F4N3O/c16-9-1-2-10-11(3-5-20-13(10)7-9)21-12-4-6-22(14(12)23)8-15(17,18)19/h1-3,5,7,12H,4,6,8H2,(H,20,21)/t12-/m0/s1. The highest BCUT2D eigenvalue weighted by Crippen LogP contribution is 2.26. The lowest BCUT2D eigenvalue weighted by Crippen LogP contribution is -2.39. The summed E-state index contributed by atoms with van der Waals surface area (Å²) in [5.74, 6) is -1.02. The van der Waals surface area contributed by atoms with Gasteiger partial charge in [0, 0.05) is 29.9 Å². The zero-order valence-electron chi connectivity index (χ0n) is 11.9. The first-order valence-electron chi connectivity index (χ1n) is 7.00. The zero-order chi connectivity index (χ0) is 16.6. The summed E-state index contributed by atoms with van der Waals surface area (Å²) in [6.07, 6.45) is -2.68. The second kappa shape index (κ2) is 5.68. The van der Waals surface area contributed by atoms with Crippen LogP contribution in [0.1, 0.15) is 6.42 Å². The van der Waals surface area contributed by atoms with Gasteiger partial charge in [0.2, 0.25) is 5.91 Å². The summed E-state index contributed by atoms with van der Waals surface area (Å²) in [6.45, 7) is -1.19. The Morgan fingerprint density at radius 2 is 2.09 bits per heavy atom. The second-order valence-corrected chi connectivity index (χ2v) is 5.38. The molecule has 1 aliphatic rings. The third kappa shape index (κ3) is 3.35. The molecule has 1 atom stereocenters. The lowest BCUT2D eigenvalue weighted by atomic mass is 10.1. The van der Waals surface area contributed by atoms with E-state index in [1.54, 1.807) is 6.07 Å². The van der Waals surface area contributed by atoms with Crippen LogP contribution in [0.15, 0.2) is 30.5 Å². The van der Waals surface area contributed by atoms with Crippen LogP contribution in [-0.4, -0.2) is 41.1 Å². The molecule has 1 saturated heterocycles. The van der Waals surface area contributed by atoms with Crippen LogP contribution in [0.25, 0.3) is 10.9 Å². The van der Waals surface area contributed by atoms with Crippen LogP contribution in [0.5, 0.6) is 0 Å². The van der Waals surface area contributed by atoms with Gasteiger partial charge in [0.1, 0.15) is 18.4 Å². The van der Waals surface area contributed by atoms with Crippen LogP contribution in [0.4, 0.5) is 23.2 Å². The Morgan fingerprint density at radius 1 is 1.30 bits per heavy atom. The first-order chi connectivity index (χ1) is 10.8. The van der Waals surface area contributed by atoms with Crippen molar-refractivity contribution in [1.29, 1.82) is 0 Å². The number of benzene rings is 1. The molecule has 1 aliphatic heterocycles. The molecular formula is C15H13F4N3O. The Morgan fingerprint density at radius 3 is 2.83 bits per heavy atom. The van der Waals surface area contributed by atoms with Crippen molar-refractivity contribution in [1.82, 2.24) is 9.88 Å². The number of hydrogen-bond acceptors (Lipinski definition) is 3. The zero-order valence-corrected chi connectivity index (χ0v) is 11.9. The van der Waals surface area contributed by atoms with E-state index in [4.69, 9.17) is 0 Å². The number of aromatic nitrogens is 1. The third-order valence-corrected chi connectivity index (χ3v) is 3.70. The molecule has 1 aromatic heterocycles. The minimum atomic E-state index is -4.41. The first-order valence-corrected chi connectivity index (χ1v) is 7.00. The topological polar surface area (TPSA) is 45.2 Å². The van der Waals surface area contributed by atoms with Crippen molar-refractivity contribution in [3.63, 3.8) is 0 Å².